The molecule has 0 spiro atoms. The summed E-state index contributed by atoms with van der Waals surface area (Å²) in [6.07, 6.45) is 8.28. The van der Waals surface area contributed by atoms with Crippen LogP contribution in [0.5, 0.6) is 0 Å². The normalized spacial score (nSPS) is 27.4. The molecule has 33 heavy (non-hydrogen) atoms. The fourth-order valence-corrected chi connectivity index (χ4v) is 6.42. The van der Waals surface area contributed by atoms with Gasteiger partial charge in [0.15, 0.2) is 0 Å². The number of carboxylic acids is 1. The predicted octanol–water partition coefficient (Wildman–Crippen LogP) is 5.03. The summed E-state index contributed by atoms with van der Waals surface area (Å²) in [4.78, 5) is 29.8. The van der Waals surface area contributed by atoms with Crippen molar-refractivity contribution in [1.82, 2.24) is 10.3 Å². The number of hydrogen-bond acceptors (Lipinski definition) is 3. The number of pyridine rings is 1. The molecule has 0 unspecified atom stereocenters. The average Bonchev–Trinajstić information content (AvgIpc) is 2.78. The molecule has 1 saturated carbocycles. The lowest BCUT2D eigenvalue weighted by Gasteiger charge is -2.54. The summed E-state index contributed by atoms with van der Waals surface area (Å²) in [6.45, 7) is 8.82. The van der Waals surface area contributed by atoms with Gasteiger partial charge in [0.2, 0.25) is 5.91 Å². The molecule has 0 aliphatic heterocycles. The van der Waals surface area contributed by atoms with Crippen molar-refractivity contribution in [1.29, 1.82) is 0 Å². The first kappa shape index (κ1) is 23.5. The minimum absolute atomic E-state index is 0.0739. The molecule has 2 aromatic rings. The number of fused-ring (bicyclic) bond motifs is 3. The molecule has 0 bridgehead atoms. The van der Waals surface area contributed by atoms with Crippen molar-refractivity contribution in [2.24, 2.45) is 11.3 Å². The van der Waals surface area contributed by atoms with Crippen LogP contribution in [0.2, 0.25) is 0 Å². The van der Waals surface area contributed by atoms with E-state index in [2.05, 4.69) is 56.2 Å². The Bertz CT molecular complexity index is 1030. The minimum Gasteiger partial charge on any atom is -0.480 e. The van der Waals surface area contributed by atoms with Crippen LogP contribution in [0.15, 0.2) is 42.7 Å². The highest BCUT2D eigenvalue weighted by atomic mass is 16.4. The highest BCUT2D eigenvalue weighted by molar-refractivity contribution is 5.88. The lowest BCUT2D eigenvalue weighted by Crippen LogP contribution is -2.57. The van der Waals surface area contributed by atoms with Gasteiger partial charge in [0, 0.05) is 18.8 Å². The average molecular weight is 449 g/mol. The minimum atomic E-state index is -1.01. The molecule has 1 fully saturated rings. The van der Waals surface area contributed by atoms with Crippen molar-refractivity contribution >= 4 is 11.9 Å². The van der Waals surface area contributed by atoms with E-state index in [0.717, 1.165) is 37.7 Å². The first-order chi connectivity index (χ1) is 15.6. The number of aromatic nitrogens is 1. The maximum Gasteiger partial charge on any atom is 0.326 e. The maximum absolute atomic E-state index is 13.7. The first-order valence-electron chi connectivity index (χ1n) is 12.2. The fourth-order valence-electron chi connectivity index (χ4n) is 6.42. The van der Waals surface area contributed by atoms with Crippen molar-refractivity contribution in [3.63, 3.8) is 0 Å². The van der Waals surface area contributed by atoms with E-state index < -0.39 is 17.4 Å². The van der Waals surface area contributed by atoms with Crippen molar-refractivity contribution in [3.05, 3.63) is 65.0 Å². The Morgan fingerprint density at radius 2 is 2.00 bits per heavy atom. The Balaban J connectivity index is 1.60. The number of carboxylic acid groups (broad SMARTS) is 1. The van der Waals surface area contributed by atoms with Gasteiger partial charge in [0.25, 0.3) is 0 Å². The second-order valence-corrected chi connectivity index (χ2v) is 10.8. The van der Waals surface area contributed by atoms with Crippen LogP contribution >= 0.6 is 0 Å². The molecule has 1 aromatic heterocycles. The van der Waals surface area contributed by atoms with Gasteiger partial charge in [-0.05, 0) is 71.3 Å². The molecule has 2 N–H and O–H groups in total. The summed E-state index contributed by atoms with van der Waals surface area (Å²) in [6, 6.07) is 9.57. The molecule has 0 saturated heterocycles. The quantitative estimate of drug-likeness (QED) is 0.650. The molecule has 1 aromatic carbocycles. The summed E-state index contributed by atoms with van der Waals surface area (Å²) in [5.74, 6) is -0.457. The molecular formula is C28H36N2O3. The molecule has 1 heterocycles. The lowest BCUT2D eigenvalue weighted by molar-refractivity contribution is -0.147. The number of carbonyl (C=O) groups is 2. The highest BCUT2D eigenvalue weighted by Gasteiger charge is 2.55. The number of aryl methyl sites for hydroxylation is 1. The van der Waals surface area contributed by atoms with Gasteiger partial charge in [-0.1, -0.05) is 58.4 Å². The topological polar surface area (TPSA) is 79.3 Å². The summed E-state index contributed by atoms with van der Waals surface area (Å²) in [5, 5.41) is 12.7. The fraction of sp³-hybridized carbons (Fsp3) is 0.536. The van der Waals surface area contributed by atoms with E-state index in [-0.39, 0.29) is 23.7 Å². The van der Waals surface area contributed by atoms with Gasteiger partial charge in [-0.2, -0.15) is 0 Å². The Kier molecular flexibility index (Phi) is 6.35. The van der Waals surface area contributed by atoms with E-state index in [4.69, 9.17) is 0 Å². The lowest BCUT2D eigenvalue weighted by atomic mass is 9.49. The molecule has 0 radical (unpaired) electrons. The standard InChI is InChI=1S/C28H36N2O3/c1-18(2)20-8-10-22-21(16-20)9-11-24-27(22,3)12-6-13-28(24,4)26(33)30-23(25(31)32)15-19-7-5-14-29-17-19/h5,7-8,10,14,16-18,23-24H,6,9,11-13,15H2,1-4H3,(H,30,33)(H,31,32)/t23-,24-,27-,28-/m1/s1. The van der Waals surface area contributed by atoms with Crippen LogP contribution in [0.1, 0.15) is 81.5 Å². The van der Waals surface area contributed by atoms with Gasteiger partial charge in [0.1, 0.15) is 6.04 Å². The molecule has 5 heteroatoms. The Hall–Kier alpha value is -2.69. The second-order valence-electron chi connectivity index (χ2n) is 10.8. The van der Waals surface area contributed by atoms with E-state index in [1.807, 2.05) is 6.07 Å². The third kappa shape index (κ3) is 4.30. The zero-order valence-electron chi connectivity index (χ0n) is 20.2. The van der Waals surface area contributed by atoms with Crippen LogP contribution < -0.4 is 5.32 Å². The summed E-state index contributed by atoms with van der Waals surface area (Å²) in [5.41, 5.74) is 4.30. The van der Waals surface area contributed by atoms with Crippen molar-refractivity contribution in [2.45, 2.75) is 83.6 Å². The third-order valence-electron chi connectivity index (χ3n) is 8.33. The summed E-state index contributed by atoms with van der Waals surface area (Å²) >= 11 is 0. The van der Waals surface area contributed by atoms with Gasteiger partial charge in [-0.25, -0.2) is 4.79 Å². The number of rotatable bonds is 6. The van der Waals surface area contributed by atoms with E-state index in [0.29, 0.717) is 5.92 Å². The van der Waals surface area contributed by atoms with Crippen LogP contribution in [-0.2, 0) is 27.8 Å². The van der Waals surface area contributed by atoms with E-state index in [1.165, 1.54) is 16.7 Å². The van der Waals surface area contributed by atoms with Crippen molar-refractivity contribution in [2.75, 3.05) is 0 Å². The molecule has 4 atom stereocenters. The summed E-state index contributed by atoms with van der Waals surface area (Å²) in [7, 11) is 0. The van der Waals surface area contributed by atoms with Gasteiger partial charge >= 0.3 is 5.97 Å². The van der Waals surface area contributed by atoms with Crippen molar-refractivity contribution < 1.29 is 14.7 Å². The molecular weight excluding hydrogens is 412 g/mol. The van der Waals surface area contributed by atoms with Crippen molar-refractivity contribution in [3.8, 4) is 0 Å². The number of carbonyl (C=O) groups excluding carboxylic acids is 1. The number of aliphatic carboxylic acids is 1. The van der Waals surface area contributed by atoms with E-state index in [1.54, 1.807) is 18.5 Å². The van der Waals surface area contributed by atoms with Crippen LogP contribution in [0.25, 0.3) is 0 Å². The summed E-state index contributed by atoms with van der Waals surface area (Å²) < 4.78 is 0. The SMILES string of the molecule is CC(C)c1ccc2c(c1)CC[C@H]1[C@](C)(C(=O)N[C@H](Cc3cccnc3)C(=O)O)CCC[C@]21C. The molecule has 2 aliphatic rings. The Labute approximate surface area is 197 Å². The highest BCUT2D eigenvalue weighted by Crippen LogP contribution is 2.57. The number of hydrogen-bond donors (Lipinski definition) is 2. The number of benzene rings is 1. The van der Waals surface area contributed by atoms with Gasteiger partial charge in [-0.3, -0.25) is 9.78 Å². The molecule has 2 aliphatic carbocycles. The maximum atomic E-state index is 13.7. The van der Waals surface area contributed by atoms with Gasteiger partial charge < -0.3 is 10.4 Å². The van der Waals surface area contributed by atoms with Gasteiger partial charge in [0.05, 0.1) is 5.41 Å². The number of nitrogens with one attached hydrogen (secondary N) is 1. The largest absolute Gasteiger partial charge is 0.480 e. The van der Waals surface area contributed by atoms with E-state index in [9.17, 15) is 14.7 Å². The predicted molar refractivity (Wildman–Crippen MR) is 129 cm³/mol. The number of nitrogens with zero attached hydrogens (tertiary/aromatic N) is 1. The smallest absolute Gasteiger partial charge is 0.326 e. The Morgan fingerprint density at radius 3 is 2.67 bits per heavy atom. The molecule has 4 rings (SSSR count). The van der Waals surface area contributed by atoms with E-state index >= 15 is 0 Å². The van der Waals surface area contributed by atoms with Crippen LogP contribution in [0, 0.1) is 11.3 Å². The third-order valence-corrected chi connectivity index (χ3v) is 8.33. The Morgan fingerprint density at radius 1 is 1.21 bits per heavy atom. The van der Waals surface area contributed by atoms with Crippen LogP contribution in [0.4, 0.5) is 0 Å². The zero-order valence-corrected chi connectivity index (χ0v) is 20.2. The molecule has 176 valence electrons. The zero-order chi connectivity index (χ0) is 23.8. The molecule has 1 amide bonds. The first-order valence-corrected chi connectivity index (χ1v) is 12.2. The molecule has 5 nitrogen and oxygen atoms in total. The van der Waals surface area contributed by atoms with Crippen LogP contribution in [0.3, 0.4) is 0 Å². The van der Waals surface area contributed by atoms with Gasteiger partial charge in [-0.15, -0.1) is 0 Å². The number of amides is 1. The monoisotopic (exact) mass is 448 g/mol. The van der Waals surface area contributed by atoms with Crippen LogP contribution in [-0.4, -0.2) is 28.0 Å². The second kappa shape index (κ2) is 8.92.